The zero-order valence-electron chi connectivity index (χ0n) is 15.9. The topological polar surface area (TPSA) is 81.4 Å². The summed E-state index contributed by atoms with van der Waals surface area (Å²) in [5, 5.41) is 2.83. The van der Waals surface area contributed by atoms with Crippen molar-refractivity contribution in [3.05, 3.63) is 59.7 Å². The van der Waals surface area contributed by atoms with Gasteiger partial charge < -0.3 is 15.8 Å². The van der Waals surface area contributed by atoms with Gasteiger partial charge in [0.05, 0.1) is 18.0 Å². The van der Waals surface area contributed by atoms with Crippen LogP contribution >= 0.6 is 0 Å². The highest BCUT2D eigenvalue weighted by Crippen LogP contribution is 2.18. The molecule has 144 valence electrons. The van der Waals surface area contributed by atoms with E-state index in [0.29, 0.717) is 30.8 Å². The van der Waals surface area contributed by atoms with Gasteiger partial charge in [-0.1, -0.05) is 49.2 Å². The second-order valence-corrected chi connectivity index (χ2v) is 6.56. The number of nitrogens with two attached hydrogens (primary N) is 1. The Balaban J connectivity index is 1.64. The van der Waals surface area contributed by atoms with Crippen LogP contribution in [0.3, 0.4) is 0 Å². The molecule has 5 nitrogen and oxygen atoms in total. The van der Waals surface area contributed by atoms with Gasteiger partial charge in [-0.05, 0) is 30.5 Å². The van der Waals surface area contributed by atoms with Gasteiger partial charge in [0.15, 0.2) is 5.78 Å². The fourth-order valence-electron chi connectivity index (χ4n) is 2.96. The van der Waals surface area contributed by atoms with E-state index in [9.17, 15) is 9.59 Å². The van der Waals surface area contributed by atoms with Crippen molar-refractivity contribution >= 4 is 23.1 Å². The molecule has 0 heterocycles. The SMILES string of the molecule is COCc1ccccc1C(=O)CCCCCCC(=O)Nc1ccccc1N. The van der Waals surface area contributed by atoms with Gasteiger partial charge in [0.2, 0.25) is 5.91 Å². The number of Topliss-reactive ketones (excluding diaryl/α,β-unsaturated/α-hetero) is 1. The maximum atomic E-state index is 12.4. The number of nitrogens with one attached hydrogen (secondary N) is 1. The Morgan fingerprint density at radius 2 is 1.59 bits per heavy atom. The maximum absolute atomic E-state index is 12.4. The van der Waals surface area contributed by atoms with Gasteiger partial charge in [-0.2, -0.15) is 0 Å². The second kappa shape index (κ2) is 11.1. The minimum atomic E-state index is -0.0301. The fraction of sp³-hybridized carbons (Fsp3) is 0.364. The Kier molecular flexibility index (Phi) is 8.52. The molecule has 0 unspecified atom stereocenters. The van der Waals surface area contributed by atoms with E-state index in [1.807, 2.05) is 36.4 Å². The highest BCUT2D eigenvalue weighted by molar-refractivity contribution is 5.97. The Morgan fingerprint density at radius 3 is 2.33 bits per heavy atom. The summed E-state index contributed by atoms with van der Waals surface area (Å²) < 4.78 is 5.15. The summed E-state index contributed by atoms with van der Waals surface area (Å²) in [5.41, 5.74) is 8.72. The van der Waals surface area contributed by atoms with Crippen molar-refractivity contribution in [2.24, 2.45) is 0 Å². The highest BCUT2D eigenvalue weighted by Gasteiger charge is 2.10. The molecule has 3 N–H and O–H groups in total. The molecule has 5 heteroatoms. The minimum Gasteiger partial charge on any atom is -0.397 e. The third-order valence-electron chi connectivity index (χ3n) is 4.41. The van der Waals surface area contributed by atoms with Crippen LogP contribution in [0.25, 0.3) is 0 Å². The number of hydrogen-bond donors (Lipinski definition) is 2. The molecule has 0 saturated carbocycles. The van der Waals surface area contributed by atoms with Crippen molar-refractivity contribution in [1.29, 1.82) is 0 Å². The number of ether oxygens (including phenoxy) is 1. The molecule has 0 atom stereocenters. The van der Waals surface area contributed by atoms with Crippen molar-refractivity contribution in [2.45, 2.75) is 45.1 Å². The lowest BCUT2D eigenvalue weighted by molar-refractivity contribution is -0.116. The van der Waals surface area contributed by atoms with E-state index in [1.54, 1.807) is 19.2 Å². The number of benzene rings is 2. The maximum Gasteiger partial charge on any atom is 0.224 e. The minimum absolute atomic E-state index is 0.0301. The fourth-order valence-corrected chi connectivity index (χ4v) is 2.96. The summed E-state index contributed by atoms with van der Waals surface area (Å²) in [6, 6.07) is 14.8. The van der Waals surface area contributed by atoms with E-state index in [-0.39, 0.29) is 11.7 Å². The van der Waals surface area contributed by atoms with E-state index >= 15 is 0 Å². The Morgan fingerprint density at radius 1 is 0.926 bits per heavy atom. The zero-order valence-corrected chi connectivity index (χ0v) is 15.9. The first-order chi connectivity index (χ1) is 13.1. The first kappa shape index (κ1) is 20.6. The number of nitrogen functional groups attached to an aromatic ring is 1. The van der Waals surface area contributed by atoms with Crippen LogP contribution in [0, 0.1) is 0 Å². The number of carbonyl (C=O) groups is 2. The van der Waals surface area contributed by atoms with Crippen LogP contribution in [0.5, 0.6) is 0 Å². The Bertz CT molecular complexity index is 759. The first-order valence-electron chi connectivity index (χ1n) is 9.36. The van der Waals surface area contributed by atoms with Gasteiger partial charge in [0, 0.05) is 25.5 Å². The second-order valence-electron chi connectivity index (χ2n) is 6.56. The predicted octanol–water partition coefficient (Wildman–Crippen LogP) is 4.58. The Labute approximate surface area is 160 Å². The standard InChI is InChI=1S/C22H28N2O3/c1-27-16-17-10-6-7-11-18(17)21(25)14-4-2-3-5-15-22(26)24-20-13-9-8-12-19(20)23/h6-13H,2-5,14-16,23H2,1H3,(H,24,26). The number of hydrogen-bond acceptors (Lipinski definition) is 4. The van der Waals surface area contributed by atoms with Crippen LogP contribution < -0.4 is 11.1 Å². The van der Waals surface area contributed by atoms with E-state index in [1.165, 1.54) is 0 Å². The van der Waals surface area contributed by atoms with Gasteiger partial charge in [-0.25, -0.2) is 0 Å². The van der Waals surface area contributed by atoms with Crippen molar-refractivity contribution in [3.63, 3.8) is 0 Å². The largest absolute Gasteiger partial charge is 0.397 e. The molecule has 2 aromatic rings. The molecule has 1 amide bonds. The number of amides is 1. The summed E-state index contributed by atoms with van der Waals surface area (Å²) in [4.78, 5) is 24.3. The zero-order chi connectivity index (χ0) is 19.5. The van der Waals surface area contributed by atoms with Gasteiger partial charge in [0.25, 0.3) is 0 Å². The van der Waals surface area contributed by atoms with Crippen molar-refractivity contribution in [3.8, 4) is 0 Å². The quantitative estimate of drug-likeness (QED) is 0.346. The molecule has 2 aromatic carbocycles. The third kappa shape index (κ3) is 6.87. The van der Waals surface area contributed by atoms with Crippen LogP contribution in [-0.2, 0) is 16.1 Å². The lowest BCUT2D eigenvalue weighted by Crippen LogP contribution is -2.12. The predicted molar refractivity (Wildman–Crippen MR) is 109 cm³/mol. The molecular formula is C22H28N2O3. The summed E-state index contributed by atoms with van der Waals surface area (Å²) in [7, 11) is 1.63. The third-order valence-corrected chi connectivity index (χ3v) is 4.41. The van der Waals surface area contributed by atoms with E-state index in [2.05, 4.69) is 5.32 Å². The molecule has 0 aromatic heterocycles. The molecule has 0 radical (unpaired) electrons. The lowest BCUT2D eigenvalue weighted by Gasteiger charge is -2.08. The summed E-state index contributed by atoms with van der Waals surface area (Å²) in [6.45, 7) is 0.447. The van der Waals surface area contributed by atoms with E-state index < -0.39 is 0 Å². The van der Waals surface area contributed by atoms with Crippen molar-refractivity contribution in [1.82, 2.24) is 0 Å². The first-order valence-corrected chi connectivity index (χ1v) is 9.36. The summed E-state index contributed by atoms with van der Waals surface area (Å²) >= 11 is 0. The van der Waals surface area contributed by atoms with Crippen LogP contribution in [0.2, 0.25) is 0 Å². The highest BCUT2D eigenvalue weighted by atomic mass is 16.5. The lowest BCUT2D eigenvalue weighted by atomic mass is 9.99. The number of ketones is 1. The van der Waals surface area contributed by atoms with E-state index in [0.717, 1.165) is 36.8 Å². The van der Waals surface area contributed by atoms with Crippen LogP contribution in [0.15, 0.2) is 48.5 Å². The van der Waals surface area contributed by atoms with E-state index in [4.69, 9.17) is 10.5 Å². The smallest absolute Gasteiger partial charge is 0.224 e. The molecule has 27 heavy (non-hydrogen) atoms. The number of anilines is 2. The number of carbonyl (C=O) groups excluding carboxylic acids is 2. The van der Waals surface area contributed by atoms with Gasteiger partial charge in [-0.15, -0.1) is 0 Å². The number of unbranched alkanes of at least 4 members (excludes halogenated alkanes) is 3. The Hall–Kier alpha value is -2.66. The average molecular weight is 368 g/mol. The van der Waals surface area contributed by atoms with Crippen LogP contribution in [-0.4, -0.2) is 18.8 Å². The molecule has 0 aliphatic carbocycles. The van der Waals surface area contributed by atoms with Gasteiger partial charge >= 0.3 is 0 Å². The molecule has 0 spiro atoms. The van der Waals surface area contributed by atoms with Crippen LogP contribution in [0.4, 0.5) is 11.4 Å². The molecule has 2 rings (SSSR count). The molecule has 0 saturated heterocycles. The monoisotopic (exact) mass is 368 g/mol. The van der Waals surface area contributed by atoms with Gasteiger partial charge in [-0.3, -0.25) is 9.59 Å². The normalized spacial score (nSPS) is 10.6. The molecular weight excluding hydrogens is 340 g/mol. The summed E-state index contributed by atoms with van der Waals surface area (Å²) in [6.07, 6.45) is 4.45. The number of para-hydroxylation sites is 2. The molecule has 0 aliphatic rings. The number of rotatable bonds is 11. The van der Waals surface area contributed by atoms with Gasteiger partial charge in [0.1, 0.15) is 0 Å². The van der Waals surface area contributed by atoms with Crippen LogP contribution in [0.1, 0.15) is 54.4 Å². The average Bonchev–Trinajstić information content (AvgIpc) is 2.67. The molecule has 0 bridgehead atoms. The molecule has 0 aliphatic heterocycles. The number of methoxy groups -OCH3 is 1. The summed E-state index contributed by atoms with van der Waals surface area (Å²) in [5.74, 6) is 0.123. The van der Waals surface area contributed by atoms with Crippen molar-refractivity contribution in [2.75, 3.05) is 18.2 Å². The van der Waals surface area contributed by atoms with Crippen molar-refractivity contribution < 1.29 is 14.3 Å². The molecule has 0 fully saturated rings.